The third-order valence-corrected chi connectivity index (χ3v) is 4.81. The molecule has 2 saturated heterocycles. The van der Waals surface area contributed by atoms with Gasteiger partial charge in [-0.15, -0.1) is 0 Å². The van der Waals surface area contributed by atoms with Crippen molar-refractivity contribution in [1.29, 1.82) is 0 Å². The van der Waals surface area contributed by atoms with Gasteiger partial charge in [-0.1, -0.05) is 13.0 Å². The summed E-state index contributed by atoms with van der Waals surface area (Å²) in [6.07, 6.45) is 0.894. The first-order valence-corrected chi connectivity index (χ1v) is 7.51. The number of amides is 1. The van der Waals surface area contributed by atoms with E-state index < -0.39 is 5.82 Å². The van der Waals surface area contributed by atoms with Crippen LogP contribution in [0.1, 0.15) is 23.7 Å². The molecule has 2 aliphatic rings. The molecule has 5 heteroatoms. The maximum absolute atomic E-state index is 14.1. The van der Waals surface area contributed by atoms with Crippen molar-refractivity contribution in [3.8, 4) is 5.75 Å². The fourth-order valence-corrected chi connectivity index (χ4v) is 3.81. The molecule has 2 heterocycles. The summed E-state index contributed by atoms with van der Waals surface area (Å²) in [4.78, 5) is 14.7. The number of benzene rings is 1. The first-order chi connectivity index (χ1) is 10.2. The van der Waals surface area contributed by atoms with Crippen molar-refractivity contribution in [3.63, 3.8) is 0 Å². The van der Waals surface area contributed by atoms with Crippen LogP contribution in [0.5, 0.6) is 5.75 Å². The van der Waals surface area contributed by atoms with E-state index >= 15 is 0 Å². The van der Waals surface area contributed by atoms with Crippen LogP contribution < -0.4 is 10.1 Å². The summed E-state index contributed by atoms with van der Waals surface area (Å²) < 4.78 is 19.3. The lowest BCUT2D eigenvalue weighted by Crippen LogP contribution is -2.40. The molecule has 0 aliphatic carbocycles. The lowest BCUT2D eigenvalue weighted by molar-refractivity contribution is 0.0703. The highest BCUT2D eigenvalue weighted by atomic mass is 19.1. The number of carbonyl (C=O) groups is 1. The van der Waals surface area contributed by atoms with Crippen molar-refractivity contribution in [3.05, 3.63) is 29.6 Å². The van der Waals surface area contributed by atoms with Crippen LogP contribution in [-0.2, 0) is 0 Å². The Labute approximate surface area is 124 Å². The topological polar surface area (TPSA) is 41.6 Å². The Bertz CT molecular complexity index is 549. The van der Waals surface area contributed by atoms with Gasteiger partial charge in [0.25, 0.3) is 5.91 Å². The van der Waals surface area contributed by atoms with Crippen LogP contribution in [0.15, 0.2) is 18.2 Å². The molecule has 0 radical (unpaired) electrons. The molecular weight excluding hydrogens is 271 g/mol. The summed E-state index contributed by atoms with van der Waals surface area (Å²) in [6.45, 7) is 4.68. The highest BCUT2D eigenvalue weighted by molar-refractivity contribution is 5.97. The Morgan fingerprint density at radius 3 is 3.00 bits per heavy atom. The number of likely N-dealkylation sites (tertiary alicyclic amines) is 1. The van der Waals surface area contributed by atoms with Crippen LogP contribution in [0.25, 0.3) is 0 Å². The molecular formula is C16H21FN2O2. The van der Waals surface area contributed by atoms with E-state index in [-0.39, 0.29) is 17.5 Å². The first-order valence-electron chi connectivity index (χ1n) is 7.51. The van der Waals surface area contributed by atoms with Crippen LogP contribution in [0.4, 0.5) is 4.39 Å². The van der Waals surface area contributed by atoms with E-state index in [0.717, 1.165) is 19.5 Å². The van der Waals surface area contributed by atoms with Gasteiger partial charge >= 0.3 is 0 Å². The predicted octanol–water partition coefficient (Wildman–Crippen LogP) is 1.90. The van der Waals surface area contributed by atoms with E-state index in [1.807, 2.05) is 4.90 Å². The number of hydrogen-bond donors (Lipinski definition) is 1. The van der Waals surface area contributed by atoms with Crippen LogP contribution >= 0.6 is 0 Å². The minimum absolute atomic E-state index is 0.0615. The average Bonchev–Trinajstić information content (AvgIpc) is 3.06. The van der Waals surface area contributed by atoms with Gasteiger partial charge in [0, 0.05) is 25.7 Å². The van der Waals surface area contributed by atoms with Gasteiger partial charge in [0.05, 0.1) is 7.11 Å². The summed E-state index contributed by atoms with van der Waals surface area (Å²) in [5.41, 5.74) is 0.0615. The minimum atomic E-state index is -0.510. The van der Waals surface area contributed by atoms with Gasteiger partial charge < -0.3 is 15.0 Å². The molecule has 2 fully saturated rings. The van der Waals surface area contributed by atoms with E-state index in [0.29, 0.717) is 24.1 Å². The summed E-state index contributed by atoms with van der Waals surface area (Å²) in [6, 6.07) is 4.69. The van der Waals surface area contributed by atoms with Gasteiger partial charge in [0.1, 0.15) is 17.1 Å². The molecule has 0 aromatic heterocycles. The second-order valence-electron chi connectivity index (χ2n) is 5.83. The van der Waals surface area contributed by atoms with Gasteiger partial charge in [0.2, 0.25) is 0 Å². The van der Waals surface area contributed by atoms with Gasteiger partial charge in [-0.25, -0.2) is 4.39 Å². The number of fused-ring (bicyclic) bond motifs is 1. The summed E-state index contributed by atoms with van der Waals surface area (Å²) in [5.74, 6) is 0.522. The van der Waals surface area contributed by atoms with Crippen molar-refractivity contribution >= 4 is 5.91 Å². The fraction of sp³-hybridized carbons (Fsp3) is 0.562. The number of hydrogen-bond acceptors (Lipinski definition) is 3. The minimum Gasteiger partial charge on any atom is -0.496 e. The van der Waals surface area contributed by atoms with E-state index in [4.69, 9.17) is 4.74 Å². The number of ether oxygens (including phenoxy) is 1. The van der Waals surface area contributed by atoms with Crippen molar-refractivity contribution in [2.45, 2.75) is 19.4 Å². The quantitative estimate of drug-likeness (QED) is 0.925. The van der Waals surface area contributed by atoms with E-state index in [2.05, 4.69) is 12.2 Å². The molecule has 21 heavy (non-hydrogen) atoms. The zero-order valence-electron chi connectivity index (χ0n) is 12.4. The molecule has 4 nitrogen and oxygen atoms in total. The summed E-state index contributed by atoms with van der Waals surface area (Å²) >= 11 is 0. The molecule has 1 aromatic carbocycles. The standard InChI is InChI=1S/C16H21FN2O2/c1-3-13-11-8-18-7-10(11)9-19(13)16(20)15-12(17)5-4-6-14(15)21-2/h4-6,10-11,13,18H,3,7-9H2,1-2H3. The highest BCUT2D eigenvalue weighted by Gasteiger charge is 2.45. The number of methoxy groups -OCH3 is 1. The Hall–Kier alpha value is -1.62. The molecule has 1 N–H and O–H groups in total. The average molecular weight is 292 g/mol. The van der Waals surface area contributed by atoms with Crippen molar-refractivity contribution < 1.29 is 13.9 Å². The number of halogens is 1. The largest absolute Gasteiger partial charge is 0.496 e. The molecule has 114 valence electrons. The lowest BCUT2D eigenvalue weighted by Gasteiger charge is -2.27. The molecule has 0 bridgehead atoms. The SMILES string of the molecule is CCC1C2CNCC2CN1C(=O)c1c(F)cccc1OC. The van der Waals surface area contributed by atoms with E-state index in [9.17, 15) is 9.18 Å². The number of rotatable bonds is 3. The Morgan fingerprint density at radius 1 is 1.48 bits per heavy atom. The highest BCUT2D eigenvalue weighted by Crippen LogP contribution is 2.36. The van der Waals surface area contributed by atoms with Gasteiger partial charge in [-0.3, -0.25) is 4.79 Å². The normalized spacial score (nSPS) is 27.8. The third-order valence-electron chi connectivity index (χ3n) is 4.81. The molecule has 3 rings (SSSR count). The van der Waals surface area contributed by atoms with Gasteiger partial charge in [-0.2, -0.15) is 0 Å². The molecule has 2 aliphatic heterocycles. The summed E-state index contributed by atoms with van der Waals surface area (Å²) in [7, 11) is 1.46. The number of carbonyl (C=O) groups excluding carboxylic acids is 1. The first kappa shape index (κ1) is 14.3. The second-order valence-corrected chi connectivity index (χ2v) is 5.83. The predicted molar refractivity (Wildman–Crippen MR) is 77.9 cm³/mol. The molecule has 1 aromatic rings. The van der Waals surface area contributed by atoms with Gasteiger partial charge in [0.15, 0.2) is 0 Å². The Kier molecular flexibility index (Phi) is 3.85. The zero-order chi connectivity index (χ0) is 15.0. The van der Waals surface area contributed by atoms with E-state index in [1.165, 1.54) is 13.2 Å². The molecule has 0 saturated carbocycles. The second kappa shape index (κ2) is 5.64. The number of nitrogens with one attached hydrogen (secondary N) is 1. The molecule has 1 amide bonds. The Morgan fingerprint density at radius 2 is 2.29 bits per heavy atom. The summed E-state index contributed by atoms with van der Waals surface area (Å²) in [5, 5.41) is 3.39. The molecule has 3 unspecified atom stereocenters. The lowest BCUT2D eigenvalue weighted by atomic mass is 9.93. The monoisotopic (exact) mass is 292 g/mol. The van der Waals surface area contributed by atoms with Crippen LogP contribution in [0.3, 0.4) is 0 Å². The molecule has 3 atom stereocenters. The van der Waals surface area contributed by atoms with Crippen molar-refractivity contribution in [2.75, 3.05) is 26.7 Å². The maximum Gasteiger partial charge on any atom is 0.260 e. The molecule has 0 spiro atoms. The van der Waals surface area contributed by atoms with E-state index in [1.54, 1.807) is 12.1 Å². The van der Waals surface area contributed by atoms with Crippen LogP contribution in [0, 0.1) is 17.7 Å². The van der Waals surface area contributed by atoms with Crippen molar-refractivity contribution in [2.24, 2.45) is 11.8 Å². The van der Waals surface area contributed by atoms with Crippen LogP contribution in [-0.4, -0.2) is 43.6 Å². The van der Waals surface area contributed by atoms with Gasteiger partial charge in [-0.05, 0) is 30.4 Å². The third kappa shape index (κ3) is 2.29. The maximum atomic E-state index is 14.1. The number of nitrogens with zero attached hydrogens (tertiary/aromatic N) is 1. The Balaban J connectivity index is 1.92. The zero-order valence-corrected chi connectivity index (χ0v) is 12.4. The fourth-order valence-electron chi connectivity index (χ4n) is 3.81. The van der Waals surface area contributed by atoms with Crippen molar-refractivity contribution in [1.82, 2.24) is 10.2 Å². The van der Waals surface area contributed by atoms with Crippen LogP contribution in [0.2, 0.25) is 0 Å². The smallest absolute Gasteiger partial charge is 0.260 e.